The highest BCUT2D eigenvalue weighted by Crippen LogP contribution is 2.27. The average molecular weight is 376 g/mol. The Morgan fingerprint density at radius 2 is 1.89 bits per heavy atom. The number of benzene rings is 2. The molecule has 0 bridgehead atoms. The van der Waals surface area contributed by atoms with Gasteiger partial charge in [0.05, 0.1) is 28.1 Å². The van der Waals surface area contributed by atoms with Gasteiger partial charge < -0.3 is 9.88 Å². The van der Waals surface area contributed by atoms with Gasteiger partial charge in [0.1, 0.15) is 4.88 Å². The van der Waals surface area contributed by atoms with E-state index in [1.807, 2.05) is 61.8 Å². The lowest BCUT2D eigenvalue weighted by Crippen LogP contribution is -2.25. The van der Waals surface area contributed by atoms with Crippen LogP contribution in [0.25, 0.3) is 22.3 Å². The van der Waals surface area contributed by atoms with Gasteiger partial charge in [-0.05, 0) is 25.5 Å². The molecule has 0 unspecified atom stereocenters. The molecule has 4 aromatic rings. The van der Waals surface area contributed by atoms with Crippen molar-refractivity contribution in [3.05, 3.63) is 70.8 Å². The van der Waals surface area contributed by atoms with Crippen molar-refractivity contribution in [2.24, 2.45) is 0 Å². The van der Waals surface area contributed by atoms with E-state index in [9.17, 15) is 4.79 Å². The number of hydrogen-bond donors (Lipinski definition) is 1. The van der Waals surface area contributed by atoms with E-state index < -0.39 is 0 Å². The van der Waals surface area contributed by atoms with Gasteiger partial charge in [0, 0.05) is 18.7 Å². The number of carbonyl (C=O) groups is 1. The van der Waals surface area contributed by atoms with E-state index in [1.165, 1.54) is 11.3 Å². The van der Waals surface area contributed by atoms with Crippen LogP contribution >= 0.6 is 11.3 Å². The molecule has 0 spiro atoms. The van der Waals surface area contributed by atoms with Crippen LogP contribution in [0.3, 0.4) is 0 Å². The summed E-state index contributed by atoms with van der Waals surface area (Å²) in [5, 5.41) is 3.92. The molecule has 5 nitrogen and oxygen atoms in total. The predicted molar refractivity (Wildman–Crippen MR) is 109 cm³/mol. The quantitative estimate of drug-likeness (QED) is 0.511. The zero-order valence-electron chi connectivity index (χ0n) is 15.1. The van der Waals surface area contributed by atoms with Crippen molar-refractivity contribution in [1.29, 1.82) is 0 Å². The summed E-state index contributed by atoms with van der Waals surface area (Å²) in [6.07, 6.45) is 2.69. The van der Waals surface area contributed by atoms with Gasteiger partial charge in [-0.15, -0.1) is 11.3 Å². The third-order valence-electron chi connectivity index (χ3n) is 4.38. The Kier molecular flexibility index (Phi) is 4.98. The lowest BCUT2D eigenvalue weighted by molar-refractivity contribution is 0.0957. The molecule has 0 aliphatic heterocycles. The standard InChI is InChI=1S/C21H20N4OS/c1-15-24-19(16-8-3-2-4-9-16)20(27-15)21(26)22-12-7-13-25-14-23-17-10-5-6-11-18(17)25/h2-6,8-11,14H,7,12-13H2,1H3,(H,22,26). The van der Waals surface area contributed by atoms with Crippen LogP contribution in [0.15, 0.2) is 60.9 Å². The van der Waals surface area contributed by atoms with Crippen molar-refractivity contribution >= 4 is 28.3 Å². The maximum Gasteiger partial charge on any atom is 0.263 e. The SMILES string of the molecule is Cc1nc(-c2ccccc2)c(C(=O)NCCCn2cnc3ccccc32)s1. The van der Waals surface area contributed by atoms with Crippen LogP contribution in [0.4, 0.5) is 0 Å². The largest absolute Gasteiger partial charge is 0.351 e. The normalized spacial score (nSPS) is 11.0. The minimum absolute atomic E-state index is 0.0602. The lowest BCUT2D eigenvalue weighted by Gasteiger charge is -2.07. The minimum Gasteiger partial charge on any atom is -0.351 e. The molecule has 0 saturated carbocycles. The molecule has 2 aromatic carbocycles. The van der Waals surface area contributed by atoms with E-state index in [0.717, 1.165) is 40.3 Å². The number of carbonyl (C=O) groups excluding carboxylic acids is 1. The molecule has 27 heavy (non-hydrogen) atoms. The van der Waals surface area contributed by atoms with Crippen molar-refractivity contribution in [3.8, 4) is 11.3 Å². The summed E-state index contributed by atoms with van der Waals surface area (Å²) in [5.41, 5.74) is 3.84. The third kappa shape index (κ3) is 3.75. The number of amides is 1. The van der Waals surface area contributed by atoms with Gasteiger partial charge in [-0.2, -0.15) is 0 Å². The summed E-state index contributed by atoms with van der Waals surface area (Å²) in [4.78, 5) is 22.3. The molecule has 2 aromatic heterocycles. The molecular weight excluding hydrogens is 356 g/mol. The Morgan fingerprint density at radius 3 is 2.74 bits per heavy atom. The molecule has 0 saturated heterocycles. The number of aromatic nitrogens is 3. The minimum atomic E-state index is -0.0602. The Balaban J connectivity index is 1.39. The Labute approximate surface area is 161 Å². The number of nitrogens with one attached hydrogen (secondary N) is 1. The molecule has 0 radical (unpaired) electrons. The summed E-state index contributed by atoms with van der Waals surface area (Å²) in [7, 11) is 0. The van der Waals surface area contributed by atoms with Crippen molar-refractivity contribution in [3.63, 3.8) is 0 Å². The van der Waals surface area contributed by atoms with Gasteiger partial charge >= 0.3 is 0 Å². The first-order chi connectivity index (χ1) is 13.2. The molecular formula is C21H20N4OS. The van der Waals surface area contributed by atoms with Crippen LogP contribution in [0.5, 0.6) is 0 Å². The monoisotopic (exact) mass is 376 g/mol. The van der Waals surface area contributed by atoms with Gasteiger partial charge in [0.25, 0.3) is 5.91 Å². The van der Waals surface area contributed by atoms with E-state index in [4.69, 9.17) is 0 Å². The molecule has 1 N–H and O–H groups in total. The number of rotatable bonds is 6. The van der Waals surface area contributed by atoms with Crippen LogP contribution < -0.4 is 5.32 Å². The number of hydrogen-bond acceptors (Lipinski definition) is 4. The fourth-order valence-corrected chi connectivity index (χ4v) is 3.95. The molecule has 0 aliphatic carbocycles. The summed E-state index contributed by atoms with van der Waals surface area (Å²) in [6.45, 7) is 3.35. The number of fused-ring (bicyclic) bond motifs is 1. The van der Waals surface area contributed by atoms with E-state index in [0.29, 0.717) is 11.4 Å². The van der Waals surface area contributed by atoms with Crippen molar-refractivity contribution in [2.45, 2.75) is 19.9 Å². The second kappa shape index (κ2) is 7.72. The van der Waals surface area contributed by atoms with Crippen LogP contribution in [0.1, 0.15) is 21.1 Å². The smallest absolute Gasteiger partial charge is 0.263 e. The van der Waals surface area contributed by atoms with E-state index in [1.54, 1.807) is 0 Å². The van der Waals surface area contributed by atoms with E-state index in [-0.39, 0.29) is 5.91 Å². The molecule has 0 aliphatic rings. The number of imidazole rings is 1. The van der Waals surface area contributed by atoms with E-state index in [2.05, 4.69) is 25.9 Å². The molecule has 0 atom stereocenters. The average Bonchev–Trinajstić information content (AvgIpc) is 3.29. The molecule has 136 valence electrons. The van der Waals surface area contributed by atoms with Gasteiger partial charge in [-0.1, -0.05) is 42.5 Å². The molecule has 4 rings (SSSR count). The number of aryl methyl sites for hydroxylation is 2. The molecule has 0 fully saturated rings. The Bertz CT molecular complexity index is 1070. The van der Waals surface area contributed by atoms with Gasteiger partial charge in [-0.3, -0.25) is 4.79 Å². The van der Waals surface area contributed by atoms with Gasteiger partial charge in [0.15, 0.2) is 0 Å². The maximum atomic E-state index is 12.7. The number of nitrogens with zero attached hydrogens (tertiary/aromatic N) is 3. The maximum absolute atomic E-state index is 12.7. The second-order valence-electron chi connectivity index (χ2n) is 6.31. The van der Waals surface area contributed by atoms with Crippen LogP contribution in [-0.2, 0) is 6.54 Å². The van der Waals surface area contributed by atoms with Crippen LogP contribution in [-0.4, -0.2) is 27.0 Å². The third-order valence-corrected chi connectivity index (χ3v) is 5.35. The van der Waals surface area contributed by atoms with Crippen LogP contribution in [0, 0.1) is 6.92 Å². The van der Waals surface area contributed by atoms with Crippen molar-refractivity contribution in [2.75, 3.05) is 6.54 Å². The fraction of sp³-hybridized carbons (Fsp3) is 0.190. The highest BCUT2D eigenvalue weighted by atomic mass is 32.1. The topological polar surface area (TPSA) is 59.8 Å². The first-order valence-electron chi connectivity index (χ1n) is 8.93. The Hall–Kier alpha value is -2.99. The first kappa shape index (κ1) is 17.4. The Morgan fingerprint density at radius 1 is 1.11 bits per heavy atom. The highest BCUT2D eigenvalue weighted by molar-refractivity contribution is 7.14. The second-order valence-corrected chi connectivity index (χ2v) is 7.52. The molecule has 1 amide bonds. The van der Waals surface area contributed by atoms with Crippen molar-refractivity contribution < 1.29 is 4.79 Å². The zero-order valence-corrected chi connectivity index (χ0v) is 15.9. The predicted octanol–water partition coefficient (Wildman–Crippen LogP) is 4.29. The number of para-hydroxylation sites is 2. The lowest BCUT2D eigenvalue weighted by atomic mass is 10.1. The summed E-state index contributed by atoms with van der Waals surface area (Å²) in [5.74, 6) is -0.0602. The summed E-state index contributed by atoms with van der Waals surface area (Å²) < 4.78 is 2.12. The van der Waals surface area contributed by atoms with Gasteiger partial charge in [-0.25, -0.2) is 9.97 Å². The zero-order chi connectivity index (χ0) is 18.6. The summed E-state index contributed by atoms with van der Waals surface area (Å²) >= 11 is 1.44. The van der Waals surface area contributed by atoms with Crippen LogP contribution in [0.2, 0.25) is 0 Å². The number of thiazole rings is 1. The highest BCUT2D eigenvalue weighted by Gasteiger charge is 2.17. The van der Waals surface area contributed by atoms with Crippen molar-refractivity contribution in [1.82, 2.24) is 19.9 Å². The summed E-state index contributed by atoms with van der Waals surface area (Å²) in [6, 6.07) is 17.9. The van der Waals surface area contributed by atoms with Gasteiger partial charge in [0.2, 0.25) is 0 Å². The molecule has 6 heteroatoms. The molecule has 2 heterocycles. The van der Waals surface area contributed by atoms with E-state index >= 15 is 0 Å². The fourth-order valence-electron chi connectivity index (χ4n) is 3.09. The first-order valence-corrected chi connectivity index (χ1v) is 9.75.